The van der Waals surface area contributed by atoms with Gasteiger partial charge in [-0.3, -0.25) is 4.79 Å². The highest BCUT2D eigenvalue weighted by molar-refractivity contribution is 7.22. The van der Waals surface area contributed by atoms with E-state index in [9.17, 15) is 4.79 Å². The van der Waals surface area contributed by atoms with Gasteiger partial charge in [0.2, 0.25) is 5.91 Å². The molecule has 1 saturated heterocycles. The second-order valence-corrected chi connectivity index (χ2v) is 8.91. The van der Waals surface area contributed by atoms with Crippen molar-refractivity contribution in [3.63, 3.8) is 0 Å². The SMILES string of the molecule is Cc1ccc(CC(=O)N2CCN(c3nc4c(C)cc(C)cc4s3)CC2)c(C)c1. The number of hydrogen-bond donors (Lipinski definition) is 0. The number of carbonyl (C=O) groups is 1. The van der Waals surface area contributed by atoms with Crippen molar-refractivity contribution in [2.75, 3.05) is 31.1 Å². The quantitative estimate of drug-likeness (QED) is 0.661. The minimum Gasteiger partial charge on any atom is -0.345 e. The maximum absolute atomic E-state index is 12.8. The molecule has 1 amide bonds. The number of rotatable bonds is 3. The van der Waals surface area contributed by atoms with Crippen LogP contribution in [0.5, 0.6) is 0 Å². The summed E-state index contributed by atoms with van der Waals surface area (Å²) >= 11 is 1.76. The van der Waals surface area contributed by atoms with Gasteiger partial charge in [-0.25, -0.2) is 4.98 Å². The summed E-state index contributed by atoms with van der Waals surface area (Å²) in [4.78, 5) is 22.0. The molecular weight excluding hydrogens is 366 g/mol. The average Bonchev–Trinajstić information content (AvgIpc) is 3.08. The van der Waals surface area contributed by atoms with E-state index in [1.165, 1.54) is 27.0 Å². The van der Waals surface area contributed by atoms with Crippen LogP contribution in [0.3, 0.4) is 0 Å². The molecule has 146 valence electrons. The van der Waals surface area contributed by atoms with Crippen LogP contribution in [0.15, 0.2) is 30.3 Å². The van der Waals surface area contributed by atoms with Gasteiger partial charge in [-0.15, -0.1) is 0 Å². The molecule has 3 aromatic rings. The fourth-order valence-corrected chi connectivity index (χ4v) is 5.15. The first-order valence-electron chi connectivity index (χ1n) is 9.87. The number of fused-ring (bicyclic) bond motifs is 1. The number of amides is 1. The number of piperazine rings is 1. The summed E-state index contributed by atoms with van der Waals surface area (Å²) in [7, 11) is 0. The van der Waals surface area contributed by atoms with E-state index in [1.807, 2.05) is 4.90 Å². The molecule has 0 radical (unpaired) electrons. The Labute approximate surface area is 170 Å². The van der Waals surface area contributed by atoms with Gasteiger partial charge >= 0.3 is 0 Å². The van der Waals surface area contributed by atoms with Gasteiger partial charge in [-0.2, -0.15) is 0 Å². The molecule has 0 aliphatic carbocycles. The van der Waals surface area contributed by atoms with Crippen molar-refractivity contribution in [1.29, 1.82) is 0 Å². The molecule has 2 heterocycles. The Morgan fingerprint density at radius 3 is 2.39 bits per heavy atom. The Morgan fingerprint density at radius 2 is 1.68 bits per heavy atom. The molecular formula is C23H27N3OS. The lowest BCUT2D eigenvalue weighted by Gasteiger charge is -2.34. The monoisotopic (exact) mass is 393 g/mol. The van der Waals surface area contributed by atoms with E-state index in [1.54, 1.807) is 11.3 Å². The first kappa shape index (κ1) is 18.9. The number of thiazole rings is 1. The standard InChI is InChI=1S/C23H27N3OS/c1-15-5-6-19(17(3)11-15)14-21(27)25-7-9-26(10-8-25)23-24-22-18(4)12-16(2)13-20(22)28-23/h5-6,11-13H,7-10,14H2,1-4H3. The van der Waals surface area contributed by atoms with Crippen LogP contribution >= 0.6 is 11.3 Å². The van der Waals surface area contributed by atoms with Crippen LogP contribution in [0.1, 0.15) is 27.8 Å². The maximum Gasteiger partial charge on any atom is 0.227 e. The van der Waals surface area contributed by atoms with E-state index in [0.717, 1.165) is 42.4 Å². The van der Waals surface area contributed by atoms with Gasteiger partial charge < -0.3 is 9.80 Å². The van der Waals surface area contributed by atoms with Crippen LogP contribution in [-0.2, 0) is 11.2 Å². The van der Waals surface area contributed by atoms with Crippen molar-refractivity contribution in [1.82, 2.24) is 9.88 Å². The minimum atomic E-state index is 0.224. The lowest BCUT2D eigenvalue weighted by Crippen LogP contribution is -2.49. The van der Waals surface area contributed by atoms with Gasteiger partial charge in [0.1, 0.15) is 0 Å². The van der Waals surface area contributed by atoms with Crippen LogP contribution in [0.4, 0.5) is 5.13 Å². The van der Waals surface area contributed by atoms with Crippen molar-refractivity contribution in [2.24, 2.45) is 0 Å². The summed E-state index contributed by atoms with van der Waals surface area (Å²) in [5, 5.41) is 1.07. The van der Waals surface area contributed by atoms with E-state index in [4.69, 9.17) is 4.98 Å². The Kier molecular flexibility index (Phi) is 5.11. The highest BCUT2D eigenvalue weighted by Gasteiger charge is 2.23. The molecule has 4 rings (SSSR count). The normalized spacial score (nSPS) is 14.7. The van der Waals surface area contributed by atoms with Crippen molar-refractivity contribution in [3.8, 4) is 0 Å². The van der Waals surface area contributed by atoms with Crippen LogP contribution in [0, 0.1) is 27.7 Å². The molecule has 5 heteroatoms. The van der Waals surface area contributed by atoms with E-state index in [-0.39, 0.29) is 5.91 Å². The van der Waals surface area contributed by atoms with Crippen molar-refractivity contribution < 1.29 is 4.79 Å². The summed E-state index contributed by atoms with van der Waals surface area (Å²) in [6.07, 6.45) is 0.492. The molecule has 28 heavy (non-hydrogen) atoms. The molecule has 1 aromatic heterocycles. The Morgan fingerprint density at radius 1 is 0.964 bits per heavy atom. The zero-order chi connectivity index (χ0) is 19.8. The maximum atomic E-state index is 12.8. The Hall–Kier alpha value is -2.40. The lowest BCUT2D eigenvalue weighted by atomic mass is 10.0. The van der Waals surface area contributed by atoms with Gasteiger partial charge in [0.05, 0.1) is 16.6 Å². The second-order valence-electron chi connectivity index (χ2n) is 7.90. The summed E-state index contributed by atoms with van der Waals surface area (Å²) in [6, 6.07) is 10.7. The molecule has 1 aliphatic rings. The van der Waals surface area contributed by atoms with Gasteiger partial charge in [-0.05, 0) is 56.0 Å². The predicted octanol–water partition coefficient (Wildman–Crippen LogP) is 4.42. The molecule has 0 atom stereocenters. The average molecular weight is 394 g/mol. The smallest absolute Gasteiger partial charge is 0.227 e. The number of nitrogens with zero attached hydrogens (tertiary/aromatic N) is 3. The predicted molar refractivity (Wildman–Crippen MR) is 118 cm³/mol. The number of hydrogen-bond acceptors (Lipinski definition) is 4. The zero-order valence-electron chi connectivity index (χ0n) is 17.1. The molecule has 0 unspecified atom stereocenters. The van der Waals surface area contributed by atoms with Crippen LogP contribution < -0.4 is 4.90 Å². The third kappa shape index (κ3) is 3.76. The third-order valence-corrected chi connectivity index (χ3v) is 6.62. The van der Waals surface area contributed by atoms with E-state index in [0.29, 0.717) is 6.42 Å². The van der Waals surface area contributed by atoms with Gasteiger partial charge in [0, 0.05) is 26.2 Å². The molecule has 1 fully saturated rings. The highest BCUT2D eigenvalue weighted by atomic mass is 32.1. The van der Waals surface area contributed by atoms with Crippen LogP contribution in [0.25, 0.3) is 10.2 Å². The van der Waals surface area contributed by atoms with Gasteiger partial charge in [0.25, 0.3) is 0 Å². The molecule has 0 saturated carbocycles. The van der Waals surface area contributed by atoms with Gasteiger partial charge in [0.15, 0.2) is 5.13 Å². The van der Waals surface area contributed by atoms with Crippen molar-refractivity contribution in [3.05, 3.63) is 58.1 Å². The zero-order valence-corrected chi connectivity index (χ0v) is 17.9. The number of aryl methyl sites for hydroxylation is 4. The third-order valence-electron chi connectivity index (χ3n) is 5.56. The first-order chi connectivity index (χ1) is 13.4. The minimum absolute atomic E-state index is 0.224. The second kappa shape index (κ2) is 7.55. The largest absolute Gasteiger partial charge is 0.345 e. The summed E-state index contributed by atoms with van der Waals surface area (Å²) < 4.78 is 1.25. The fraction of sp³-hybridized carbons (Fsp3) is 0.391. The Bertz CT molecular complexity index is 1030. The van der Waals surface area contributed by atoms with Crippen molar-refractivity contribution >= 4 is 32.6 Å². The van der Waals surface area contributed by atoms with Gasteiger partial charge in [-0.1, -0.05) is 41.2 Å². The molecule has 2 aromatic carbocycles. The van der Waals surface area contributed by atoms with Crippen LogP contribution in [-0.4, -0.2) is 42.0 Å². The van der Waals surface area contributed by atoms with E-state index in [2.05, 4.69) is 62.9 Å². The molecule has 0 bridgehead atoms. The number of anilines is 1. The first-order valence-corrected chi connectivity index (χ1v) is 10.7. The van der Waals surface area contributed by atoms with Crippen LogP contribution in [0.2, 0.25) is 0 Å². The van der Waals surface area contributed by atoms with Crippen molar-refractivity contribution in [2.45, 2.75) is 34.1 Å². The van der Waals surface area contributed by atoms with E-state index >= 15 is 0 Å². The molecule has 4 nitrogen and oxygen atoms in total. The number of benzene rings is 2. The molecule has 1 aliphatic heterocycles. The summed E-state index contributed by atoms with van der Waals surface area (Å²) in [5.74, 6) is 0.224. The van der Waals surface area contributed by atoms with E-state index < -0.39 is 0 Å². The Balaban J connectivity index is 1.41. The topological polar surface area (TPSA) is 36.4 Å². The lowest BCUT2D eigenvalue weighted by molar-refractivity contribution is -0.130. The molecule has 0 N–H and O–H groups in total. The summed E-state index contributed by atoms with van der Waals surface area (Å²) in [6.45, 7) is 11.6. The summed E-state index contributed by atoms with van der Waals surface area (Å²) in [5.41, 5.74) is 7.20. The fourth-order valence-electron chi connectivity index (χ4n) is 3.96. The highest BCUT2D eigenvalue weighted by Crippen LogP contribution is 2.32. The number of aromatic nitrogens is 1. The molecule has 0 spiro atoms. The number of carbonyl (C=O) groups excluding carboxylic acids is 1.